The van der Waals surface area contributed by atoms with Crippen molar-refractivity contribution in [3.05, 3.63) is 64.3 Å². The van der Waals surface area contributed by atoms with E-state index in [4.69, 9.17) is 0 Å². The Balaban J connectivity index is 1.55. The number of Topliss-reactive ketones (excluding diaryl/α,β-unsaturated/α-hetero) is 1. The lowest BCUT2D eigenvalue weighted by Crippen LogP contribution is -2.31. The summed E-state index contributed by atoms with van der Waals surface area (Å²) in [4.78, 5) is 16.0. The monoisotopic (exact) mass is 408 g/mol. The van der Waals surface area contributed by atoms with E-state index in [2.05, 4.69) is 15.8 Å². The summed E-state index contributed by atoms with van der Waals surface area (Å²) >= 11 is 0. The van der Waals surface area contributed by atoms with Crippen LogP contribution >= 0.6 is 0 Å². The van der Waals surface area contributed by atoms with Gasteiger partial charge in [0.25, 0.3) is 0 Å². The van der Waals surface area contributed by atoms with Gasteiger partial charge in [-0.25, -0.2) is 13.1 Å². The smallest absolute Gasteiger partial charge is 0.241 e. The molecular formula is C23H24N2O3S. The molecule has 1 aromatic heterocycles. The van der Waals surface area contributed by atoms with Crippen molar-refractivity contribution in [2.24, 2.45) is 0 Å². The summed E-state index contributed by atoms with van der Waals surface area (Å²) in [7, 11) is -3.69. The molecule has 29 heavy (non-hydrogen) atoms. The number of aromatic amines is 1. The number of carbonyl (C=O) groups excluding carboxylic acids is 1. The van der Waals surface area contributed by atoms with Crippen molar-refractivity contribution in [3.8, 4) is 0 Å². The number of fused-ring (bicyclic) bond motifs is 4. The van der Waals surface area contributed by atoms with Gasteiger partial charge in [0.2, 0.25) is 10.0 Å². The number of ketones is 1. The molecule has 0 bridgehead atoms. The van der Waals surface area contributed by atoms with E-state index in [1.165, 1.54) is 5.56 Å². The number of benzene rings is 2. The molecule has 0 amide bonds. The molecule has 1 heterocycles. The van der Waals surface area contributed by atoms with Gasteiger partial charge in [-0.1, -0.05) is 24.3 Å². The lowest BCUT2D eigenvalue weighted by atomic mass is 9.88. The molecule has 5 rings (SSSR count). The Kier molecular flexibility index (Phi) is 4.37. The van der Waals surface area contributed by atoms with E-state index in [1.54, 1.807) is 13.0 Å². The van der Waals surface area contributed by atoms with Crippen LogP contribution in [0, 0.1) is 6.92 Å². The second-order valence-electron chi connectivity index (χ2n) is 8.18. The third kappa shape index (κ3) is 3.11. The summed E-state index contributed by atoms with van der Waals surface area (Å²) < 4.78 is 29.5. The molecular weight excluding hydrogens is 384 g/mol. The Hall–Kier alpha value is -2.44. The van der Waals surface area contributed by atoms with Crippen LogP contribution in [0.5, 0.6) is 0 Å². The molecule has 0 radical (unpaired) electrons. The SMILES string of the molecule is Cc1cc2c3c([nH]c2cc1S(=O)(=O)NC1CCCc2ccccc21)CCCC3=O. The molecule has 2 aliphatic rings. The topological polar surface area (TPSA) is 79.0 Å². The number of aryl methyl sites for hydroxylation is 3. The Morgan fingerprint density at radius 2 is 1.90 bits per heavy atom. The highest BCUT2D eigenvalue weighted by molar-refractivity contribution is 7.89. The van der Waals surface area contributed by atoms with E-state index >= 15 is 0 Å². The van der Waals surface area contributed by atoms with Crippen molar-refractivity contribution in [2.75, 3.05) is 0 Å². The zero-order valence-electron chi connectivity index (χ0n) is 16.4. The van der Waals surface area contributed by atoms with E-state index in [0.717, 1.165) is 59.8 Å². The van der Waals surface area contributed by atoms with Crippen LogP contribution in [0.3, 0.4) is 0 Å². The first-order chi connectivity index (χ1) is 13.9. The first kappa shape index (κ1) is 18.6. The third-order valence-corrected chi connectivity index (χ3v) is 7.85. The molecule has 1 unspecified atom stereocenters. The van der Waals surface area contributed by atoms with E-state index in [0.29, 0.717) is 12.0 Å². The summed E-state index contributed by atoms with van der Waals surface area (Å²) in [5, 5.41) is 0.837. The number of carbonyl (C=O) groups is 1. The van der Waals surface area contributed by atoms with Crippen molar-refractivity contribution < 1.29 is 13.2 Å². The fourth-order valence-corrected chi connectivity index (χ4v) is 6.36. The Bertz CT molecular complexity index is 1240. The standard InChI is InChI=1S/C23H24N2O3S/c1-14-12-17-20(24-19-10-5-11-21(26)23(17)19)13-22(14)29(27,28)25-18-9-4-7-15-6-2-3-8-16(15)18/h2-3,6,8,12-13,18,24-25H,4-5,7,9-11H2,1H3. The largest absolute Gasteiger partial charge is 0.358 e. The van der Waals surface area contributed by atoms with Crippen LogP contribution in [-0.4, -0.2) is 19.2 Å². The van der Waals surface area contributed by atoms with Gasteiger partial charge in [-0.05, 0) is 67.9 Å². The van der Waals surface area contributed by atoms with Crippen LogP contribution in [0.25, 0.3) is 10.9 Å². The van der Waals surface area contributed by atoms with Crippen molar-refractivity contribution in [1.82, 2.24) is 9.71 Å². The second-order valence-corrected chi connectivity index (χ2v) is 9.87. The zero-order chi connectivity index (χ0) is 20.2. The Labute approximate surface area is 170 Å². The average molecular weight is 409 g/mol. The third-order valence-electron chi connectivity index (χ3n) is 6.24. The molecule has 5 nitrogen and oxygen atoms in total. The van der Waals surface area contributed by atoms with Gasteiger partial charge in [0.1, 0.15) is 0 Å². The minimum absolute atomic E-state index is 0.143. The molecule has 0 fully saturated rings. The normalized spacial score (nSPS) is 19.2. The van der Waals surface area contributed by atoms with E-state index in [9.17, 15) is 13.2 Å². The summed E-state index contributed by atoms with van der Waals surface area (Å²) in [6.45, 7) is 1.80. The van der Waals surface area contributed by atoms with Crippen molar-refractivity contribution in [3.63, 3.8) is 0 Å². The van der Waals surface area contributed by atoms with Crippen LogP contribution in [0.2, 0.25) is 0 Å². The summed E-state index contributed by atoms with van der Waals surface area (Å²) in [6.07, 6.45) is 4.97. The highest BCUT2D eigenvalue weighted by atomic mass is 32.2. The van der Waals surface area contributed by atoms with Crippen LogP contribution in [-0.2, 0) is 22.9 Å². The van der Waals surface area contributed by atoms with Gasteiger partial charge in [-0.15, -0.1) is 0 Å². The molecule has 2 aromatic carbocycles. The van der Waals surface area contributed by atoms with Crippen molar-refractivity contribution in [1.29, 1.82) is 0 Å². The maximum Gasteiger partial charge on any atom is 0.241 e. The van der Waals surface area contributed by atoms with Gasteiger partial charge >= 0.3 is 0 Å². The van der Waals surface area contributed by atoms with Crippen LogP contribution in [0.4, 0.5) is 0 Å². The van der Waals surface area contributed by atoms with Crippen LogP contribution < -0.4 is 4.72 Å². The van der Waals surface area contributed by atoms with Crippen LogP contribution in [0.15, 0.2) is 41.3 Å². The second kappa shape index (κ2) is 6.82. The van der Waals surface area contributed by atoms with E-state index in [1.807, 2.05) is 24.3 Å². The van der Waals surface area contributed by atoms with Crippen molar-refractivity contribution in [2.45, 2.75) is 56.4 Å². The van der Waals surface area contributed by atoms with Crippen molar-refractivity contribution >= 4 is 26.7 Å². The maximum absolute atomic E-state index is 13.3. The van der Waals surface area contributed by atoms with Gasteiger partial charge in [0, 0.05) is 34.6 Å². The number of nitrogens with one attached hydrogen (secondary N) is 2. The molecule has 6 heteroatoms. The Morgan fingerprint density at radius 1 is 1.07 bits per heavy atom. The van der Waals surface area contributed by atoms with Crippen LogP contribution in [0.1, 0.15) is 64.5 Å². The van der Waals surface area contributed by atoms with Gasteiger partial charge in [0.05, 0.1) is 4.90 Å². The van der Waals surface area contributed by atoms with Gasteiger partial charge < -0.3 is 4.98 Å². The number of rotatable bonds is 3. The molecule has 0 saturated carbocycles. The van der Waals surface area contributed by atoms with Gasteiger partial charge in [0.15, 0.2) is 5.78 Å². The molecule has 2 aliphatic carbocycles. The quantitative estimate of drug-likeness (QED) is 0.676. The number of aromatic nitrogens is 1. The lowest BCUT2D eigenvalue weighted by Gasteiger charge is -2.26. The summed E-state index contributed by atoms with van der Waals surface area (Å²) in [5.41, 5.74) is 5.34. The molecule has 0 spiro atoms. The minimum Gasteiger partial charge on any atom is -0.358 e. The highest BCUT2D eigenvalue weighted by Crippen LogP contribution is 2.34. The predicted octanol–water partition coefficient (Wildman–Crippen LogP) is 4.35. The predicted molar refractivity (Wildman–Crippen MR) is 113 cm³/mol. The van der Waals surface area contributed by atoms with Gasteiger partial charge in [-0.3, -0.25) is 4.79 Å². The molecule has 2 N–H and O–H groups in total. The number of sulfonamides is 1. The summed E-state index contributed by atoms with van der Waals surface area (Å²) in [5.74, 6) is 0.143. The first-order valence-corrected chi connectivity index (χ1v) is 11.7. The first-order valence-electron chi connectivity index (χ1n) is 10.2. The fourth-order valence-electron chi connectivity index (χ4n) is 4.86. The maximum atomic E-state index is 13.3. The summed E-state index contributed by atoms with van der Waals surface area (Å²) in [6, 6.07) is 11.4. The van der Waals surface area contributed by atoms with E-state index < -0.39 is 10.0 Å². The fraction of sp³-hybridized carbons (Fsp3) is 0.348. The Morgan fingerprint density at radius 3 is 2.76 bits per heavy atom. The number of hydrogen-bond acceptors (Lipinski definition) is 3. The molecule has 0 aliphatic heterocycles. The molecule has 3 aromatic rings. The molecule has 150 valence electrons. The average Bonchev–Trinajstić information content (AvgIpc) is 3.06. The molecule has 1 atom stereocenters. The number of hydrogen-bond donors (Lipinski definition) is 2. The van der Waals surface area contributed by atoms with Gasteiger partial charge in [-0.2, -0.15) is 0 Å². The highest BCUT2D eigenvalue weighted by Gasteiger charge is 2.28. The minimum atomic E-state index is -3.69. The number of H-pyrrole nitrogens is 1. The van der Waals surface area contributed by atoms with E-state index in [-0.39, 0.29) is 16.7 Å². The zero-order valence-corrected chi connectivity index (χ0v) is 17.2. The lowest BCUT2D eigenvalue weighted by molar-refractivity contribution is 0.0974. The molecule has 0 saturated heterocycles.